The largest absolute Gasteiger partial charge is 0.508 e. The lowest BCUT2D eigenvalue weighted by atomic mass is 10.2. The van der Waals surface area contributed by atoms with Crippen LogP contribution in [0.25, 0.3) is 0 Å². The van der Waals surface area contributed by atoms with Crippen molar-refractivity contribution in [2.75, 3.05) is 5.32 Å². The molecule has 0 saturated heterocycles. The fourth-order valence-corrected chi connectivity index (χ4v) is 2.12. The summed E-state index contributed by atoms with van der Waals surface area (Å²) in [5, 5.41) is 26.7. The van der Waals surface area contributed by atoms with Crippen LogP contribution in [0.3, 0.4) is 0 Å². The maximum atomic E-state index is 9.72. The third-order valence-corrected chi connectivity index (χ3v) is 3.42. The SMILES string of the molecule is Cl.Cn1nc(C2CC2)cc1NCc1ccc(O)cc1O. The van der Waals surface area contributed by atoms with Crippen LogP contribution in [-0.2, 0) is 13.6 Å². The molecule has 1 saturated carbocycles. The molecule has 3 N–H and O–H groups in total. The zero-order valence-electron chi connectivity index (χ0n) is 11.2. The van der Waals surface area contributed by atoms with E-state index in [-0.39, 0.29) is 23.9 Å². The highest BCUT2D eigenvalue weighted by atomic mass is 35.5. The summed E-state index contributed by atoms with van der Waals surface area (Å²) in [6.07, 6.45) is 2.46. The highest BCUT2D eigenvalue weighted by Gasteiger charge is 2.26. The van der Waals surface area contributed by atoms with E-state index >= 15 is 0 Å². The van der Waals surface area contributed by atoms with Gasteiger partial charge in [-0.05, 0) is 25.0 Å². The minimum Gasteiger partial charge on any atom is -0.508 e. The average Bonchev–Trinajstić information content (AvgIpc) is 3.14. The van der Waals surface area contributed by atoms with Gasteiger partial charge in [-0.2, -0.15) is 5.10 Å². The van der Waals surface area contributed by atoms with E-state index in [4.69, 9.17) is 0 Å². The molecule has 1 aliphatic rings. The van der Waals surface area contributed by atoms with Crippen LogP contribution in [0.4, 0.5) is 5.82 Å². The minimum atomic E-state index is 0. The third kappa shape index (κ3) is 2.99. The molecule has 2 aromatic rings. The second-order valence-electron chi connectivity index (χ2n) is 5.02. The molecule has 6 heteroatoms. The number of anilines is 1. The average molecular weight is 296 g/mol. The van der Waals surface area contributed by atoms with Crippen LogP contribution < -0.4 is 5.32 Å². The zero-order valence-corrected chi connectivity index (χ0v) is 12.0. The fourth-order valence-electron chi connectivity index (χ4n) is 2.12. The Hall–Kier alpha value is -1.88. The standard InChI is InChI=1S/C14H17N3O2.ClH/c1-17-14(7-12(16-17)9-2-3-9)15-8-10-4-5-11(18)6-13(10)19;/h4-7,9,15,18-19H,2-3,8H2,1H3;1H. The van der Waals surface area contributed by atoms with Crippen LogP contribution in [0.5, 0.6) is 11.5 Å². The molecular weight excluding hydrogens is 278 g/mol. The molecule has 108 valence electrons. The second kappa shape index (κ2) is 5.63. The maximum absolute atomic E-state index is 9.72. The van der Waals surface area contributed by atoms with Gasteiger partial charge in [0, 0.05) is 37.2 Å². The molecule has 0 atom stereocenters. The summed E-state index contributed by atoms with van der Waals surface area (Å²) >= 11 is 0. The molecule has 0 amide bonds. The molecule has 1 aromatic heterocycles. The summed E-state index contributed by atoms with van der Waals surface area (Å²) in [6, 6.07) is 6.68. The van der Waals surface area contributed by atoms with Crippen LogP contribution in [0.1, 0.15) is 30.0 Å². The molecule has 0 spiro atoms. The summed E-state index contributed by atoms with van der Waals surface area (Å²) in [7, 11) is 1.91. The number of rotatable bonds is 4. The lowest BCUT2D eigenvalue weighted by Crippen LogP contribution is -2.04. The van der Waals surface area contributed by atoms with Crippen molar-refractivity contribution in [1.29, 1.82) is 0 Å². The first kappa shape index (κ1) is 14.5. The van der Waals surface area contributed by atoms with E-state index in [0.717, 1.165) is 17.1 Å². The first-order valence-electron chi connectivity index (χ1n) is 6.42. The first-order valence-corrected chi connectivity index (χ1v) is 6.42. The van der Waals surface area contributed by atoms with E-state index in [9.17, 15) is 10.2 Å². The van der Waals surface area contributed by atoms with Crippen LogP contribution >= 0.6 is 12.4 Å². The number of nitrogens with one attached hydrogen (secondary N) is 1. The molecule has 0 bridgehead atoms. The molecule has 0 radical (unpaired) electrons. The Morgan fingerprint density at radius 3 is 2.70 bits per heavy atom. The van der Waals surface area contributed by atoms with Gasteiger partial charge < -0.3 is 15.5 Å². The summed E-state index contributed by atoms with van der Waals surface area (Å²) in [6.45, 7) is 0.496. The lowest BCUT2D eigenvalue weighted by Gasteiger charge is -2.08. The second-order valence-corrected chi connectivity index (χ2v) is 5.02. The highest BCUT2D eigenvalue weighted by Crippen LogP contribution is 2.40. The summed E-state index contributed by atoms with van der Waals surface area (Å²) in [5.41, 5.74) is 1.88. The molecule has 0 unspecified atom stereocenters. The summed E-state index contributed by atoms with van der Waals surface area (Å²) < 4.78 is 1.82. The van der Waals surface area contributed by atoms with Crippen molar-refractivity contribution in [2.45, 2.75) is 25.3 Å². The third-order valence-electron chi connectivity index (χ3n) is 3.42. The van der Waals surface area contributed by atoms with E-state index in [1.54, 1.807) is 12.1 Å². The van der Waals surface area contributed by atoms with Crippen molar-refractivity contribution in [1.82, 2.24) is 9.78 Å². The Morgan fingerprint density at radius 1 is 1.30 bits per heavy atom. The van der Waals surface area contributed by atoms with Gasteiger partial charge in [0.2, 0.25) is 0 Å². The highest BCUT2D eigenvalue weighted by molar-refractivity contribution is 5.85. The van der Waals surface area contributed by atoms with Crippen molar-refractivity contribution in [3.05, 3.63) is 35.5 Å². The van der Waals surface area contributed by atoms with Crippen molar-refractivity contribution < 1.29 is 10.2 Å². The number of aryl methyl sites for hydroxylation is 1. The number of aromatic nitrogens is 2. The summed E-state index contributed by atoms with van der Waals surface area (Å²) in [4.78, 5) is 0. The van der Waals surface area contributed by atoms with Crippen molar-refractivity contribution in [3.8, 4) is 11.5 Å². The van der Waals surface area contributed by atoms with Gasteiger partial charge in [0.15, 0.2) is 0 Å². The number of benzene rings is 1. The Bertz CT molecular complexity index is 608. The maximum Gasteiger partial charge on any atom is 0.124 e. The normalized spacial score (nSPS) is 13.8. The molecule has 3 rings (SSSR count). The number of phenols is 2. The van der Waals surface area contributed by atoms with E-state index in [1.165, 1.54) is 18.9 Å². The monoisotopic (exact) mass is 295 g/mol. The zero-order chi connectivity index (χ0) is 13.4. The van der Waals surface area contributed by atoms with E-state index in [2.05, 4.69) is 16.5 Å². The number of hydrogen-bond acceptors (Lipinski definition) is 4. The van der Waals surface area contributed by atoms with Crippen LogP contribution in [0.15, 0.2) is 24.3 Å². The van der Waals surface area contributed by atoms with Gasteiger partial charge in [0.1, 0.15) is 17.3 Å². The van der Waals surface area contributed by atoms with Gasteiger partial charge in [-0.15, -0.1) is 12.4 Å². The molecule has 1 fully saturated rings. The van der Waals surface area contributed by atoms with E-state index in [1.807, 2.05) is 11.7 Å². The van der Waals surface area contributed by atoms with E-state index < -0.39 is 0 Å². The number of hydrogen-bond donors (Lipinski definition) is 3. The Morgan fingerprint density at radius 2 is 2.05 bits per heavy atom. The minimum absolute atomic E-state index is 0. The number of halogens is 1. The Balaban J connectivity index is 0.00000147. The van der Waals surface area contributed by atoms with Crippen molar-refractivity contribution in [2.24, 2.45) is 7.05 Å². The lowest BCUT2D eigenvalue weighted by molar-refractivity contribution is 0.446. The molecule has 20 heavy (non-hydrogen) atoms. The van der Waals surface area contributed by atoms with Crippen molar-refractivity contribution >= 4 is 18.2 Å². The number of phenolic OH excluding ortho intramolecular Hbond substituents is 2. The number of nitrogens with zero attached hydrogens (tertiary/aromatic N) is 2. The molecule has 5 nitrogen and oxygen atoms in total. The molecule has 0 aliphatic heterocycles. The molecule has 1 heterocycles. The molecule has 1 aliphatic carbocycles. The number of aromatic hydroxyl groups is 2. The van der Waals surface area contributed by atoms with E-state index in [0.29, 0.717) is 12.5 Å². The van der Waals surface area contributed by atoms with Crippen LogP contribution in [0.2, 0.25) is 0 Å². The topological polar surface area (TPSA) is 70.3 Å². The van der Waals surface area contributed by atoms with Gasteiger partial charge in [-0.25, -0.2) is 0 Å². The predicted octanol–water partition coefficient (Wildman–Crippen LogP) is 2.74. The summed E-state index contributed by atoms with van der Waals surface area (Å²) in [5.74, 6) is 1.73. The fraction of sp³-hybridized carbons (Fsp3) is 0.357. The molecule has 1 aromatic carbocycles. The Labute approximate surface area is 123 Å². The Kier molecular flexibility index (Phi) is 4.09. The van der Waals surface area contributed by atoms with Crippen LogP contribution in [0, 0.1) is 0 Å². The van der Waals surface area contributed by atoms with Gasteiger partial charge in [0.05, 0.1) is 5.69 Å². The quantitative estimate of drug-likeness (QED) is 0.811. The van der Waals surface area contributed by atoms with Crippen molar-refractivity contribution in [3.63, 3.8) is 0 Å². The van der Waals surface area contributed by atoms with Gasteiger partial charge in [-0.1, -0.05) is 0 Å². The van der Waals surface area contributed by atoms with Gasteiger partial charge >= 0.3 is 0 Å². The molecular formula is C14H18ClN3O2. The predicted molar refractivity (Wildman–Crippen MR) is 79.5 cm³/mol. The van der Waals surface area contributed by atoms with Gasteiger partial charge in [-0.3, -0.25) is 4.68 Å². The van der Waals surface area contributed by atoms with Gasteiger partial charge in [0.25, 0.3) is 0 Å². The smallest absolute Gasteiger partial charge is 0.124 e. The van der Waals surface area contributed by atoms with Crippen LogP contribution in [-0.4, -0.2) is 20.0 Å². The first-order chi connectivity index (χ1) is 9.13.